The summed E-state index contributed by atoms with van der Waals surface area (Å²) in [5, 5.41) is 31.2. The lowest BCUT2D eigenvalue weighted by Gasteiger charge is -2.25. The zero-order valence-electron chi connectivity index (χ0n) is 23.8. The number of aromatic nitrogens is 3. The molecule has 44 heavy (non-hydrogen) atoms. The number of carbonyl (C=O) groups excluding carboxylic acids is 4. The lowest BCUT2D eigenvalue weighted by atomic mass is 10.0. The summed E-state index contributed by atoms with van der Waals surface area (Å²) in [5.74, 6) is -3.21. The van der Waals surface area contributed by atoms with Gasteiger partial charge in [0.25, 0.3) is 5.91 Å². The van der Waals surface area contributed by atoms with Crippen LogP contribution in [0, 0.1) is 5.92 Å². The van der Waals surface area contributed by atoms with Gasteiger partial charge in [-0.1, -0.05) is 66.2 Å². The van der Waals surface area contributed by atoms with Crippen molar-refractivity contribution in [1.29, 1.82) is 0 Å². The van der Waals surface area contributed by atoms with E-state index in [0.717, 1.165) is 18.9 Å². The van der Waals surface area contributed by atoms with E-state index in [2.05, 4.69) is 25.8 Å². The molecule has 3 aromatic rings. The van der Waals surface area contributed by atoms with Gasteiger partial charge >= 0.3 is 18.0 Å². The minimum Gasteiger partial charge on any atom is -0.453 e. The van der Waals surface area contributed by atoms with Crippen LogP contribution in [0.4, 0.5) is 4.79 Å². The number of benzene rings is 2. The van der Waals surface area contributed by atoms with Crippen LogP contribution in [0.2, 0.25) is 10.0 Å². The number of hydrogen-bond donors (Lipinski definition) is 4. The Morgan fingerprint density at radius 2 is 1.73 bits per heavy atom. The summed E-state index contributed by atoms with van der Waals surface area (Å²) in [5.41, 5.74) is 4.39. The molecule has 0 aliphatic rings. The summed E-state index contributed by atoms with van der Waals surface area (Å²) in [6.07, 6.45) is -1.70. The molecule has 236 valence electrons. The number of ether oxygens (including phenoxy) is 3. The molecule has 0 saturated carbocycles. The highest BCUT2D eigenvalue weighted by Crippen LogP contribution is 2.30. The first-order valence-corrected chi connectivity index (χ1v) is 13.7. The normalized spacial score (nSPS) is 12.4. The smallest absolute Gasteiger partial charge is 0.407 e. The van der Waals surface area contributed by atoms with Gasteiger partial charge in [0.05, 0.1) is 19.9 Å². The van der Waals surface area contributed by atoms with Crippen molar-refractivity contribution < 1.29 is 43.7 Å². The molecule has 17 heteroatoms. The van der Waals surface area contributed by atoms with Gasteiger partial charge in [0.2, 0.25) is 6.79 Å². The summed E-state index contributed by atoms with van der Waals surface area (Å²) in [6, 6.07) is 11.0. The molecule has 2 aromatic carbocycles. The van der Waals surface area contributed by atoms with Gasteiger partial charge in [0, 0.05) is 22.2 Å². The minimum absolute atomic E-state index is 0.00283. The zero-order valence-corrected chi connectivity index (χ0v) is 25.3. The second kappa shape index (κ2) is 15.9. The standard InChI is InChI=1S/C27H30Cl2N6O9/c1-15(2)23(30-27(40)42-3)26(39)44-14-43-25(38)22(36)13-34(32-24(37)21-12-35(41)33-31-21)11-16-4-6-17(7-5-16)19-10-18(28)8-9-20(19)29/h4-10,12,15,22-23,36,41H,11,13-14H2,1-3H3,(H,30,40)(H,32,37). The van der Waals surface area contributed by atoms with Crippen molar-refractivity contribution in [3.63, 3.8) is 0 Å². The van der Waals surface area contributed by atoms with Crippen LogP contribution in [0.5, 0.6) is 0 Å². The van der Waals surface area contributed by atoms with Crippen molar-refractivity contribution in [2.24, 2.45) is 5.92 Å². The van der Waals surface area contributed by atoms with Gasteiger partial charge in [-0.15, -0.1) is 5.10 Å². The lowest BCUT2D eigenvalue weighted by molar-refractivity contribution is -0.175. The number of nitrogens with zero attached hydrogens (tertiary/aromatic N) is 4. The summed E-state index contributed by atoms with van der Waals surface area (Å²) in [6.45, 7) is 1.99. The zero-order chi connectivity index (χ0) is 32.4. The lowest BCUT2D eigenvalue weighted by Crippen LogP contribution is -2.48. The highest BCUT2D eigenvalue weighted by Gasteiger charge is 2.28. The van der Waals surface area contributed by atoms with Gasteiger partial charge < -0.3 is 29.8 Å². The third-order valence-corrected chi connectivity index (χ3v) is 6.55. The number of amides is 2. The number of aliphatic hydroxyl groups is 1. The summed E-state index contributed by atoms with van der Waals surface area (Å²) < 4.78 is 14.3. The molecular weight excluding hydrogens is 623 g/mol. The van der Waals surface area contributed by atoms with E-state index >= 15 is 0 Å². The van der Waals surface area contributed by atoms with Crippen LogP contribution in [-0.2, 0) is 30.3 Å². The molecule has 3 rings (SSSR count). The van der Waals surface area contributed by atoms with E-state index in [1.165, 1.54) is 5.01 Å². The molecule has 15 nitrogen and oxygen atoms in total. The first-order valence-electron chi connectivity index (χ1n) is 13.0. The maximum atomic E-state index is 12.7. The first-order chi connectivity index (χ1) is 20.9. The predicted octanol–water partition coefficient (Wildman–Crippen LogP) is 2.42. The molecule has 0 aliphatic heterocycles. The molecule has 1 aromatic heterocycles. The molecule has 0 spiro atoms. The second-order valence-electron chi connectivity index (χ2n) is 9.58. The van der Waals surface area contributed by atoms with Crippen molar-refractivity contribution in [3.8, 4) is 11.1 Å². The Bertz CT molecular complexity index is 1470. The van der Waals surface area contributed by atoms with Crippen LogP contribution < -0.4 is 10.7 Å². The number of hydrogen-bond acceptors (Lipinski definition) is 12. The summed E-state index contributed by atoms with van der Waals surface area (Å²) in [4.78, 5) is 49.3. The van der Waals surface area contributed by atoms with E-state index in [1.54, 1.807) is 56.3 Å². The van der Waals surface area contributed by atoms with E-state index in [-0.39, 0.29) is 18.2 Å². The van der Waals surface area contributed by atoms with Gasteiger partial charge in [-0.05, 0) is 40.5 Å². The Kier molecular flexibility index (Phi) is 12.3. The molecule has 2 amide bonds. The number of esters is 2. The number of methoxy groups -OCH3 is 1. The third-order valence-electron chi connectivity index (χ3n) is 5.99. The number of carbonyl (C=O) groups is 4. The molecule has 2 unspecified atom stereocenters. The van der Waals surface area contributed by atoms with Crippen molar-refractivity contribution in [2.45, 2.75) is 32.5 Å². The van der Waals surface area contributed by atoms with E-state index < -0.39 is 49.4 Å². The van der Waals surface area contributed by atoms with Crippen LogP contribution >= 0.6 is 23.2 Å². The van der Waals surface area contributed by atoms with Crippen LogP contribution in [0.1, 0.15) is 29.9 Å². The largest absolute Gasteiger partial charge is 0.453 e. The predicted molar refractivity (Wildman–Crippen MR) is 154 cm³/mol. The Balaban J connectivity index is 1.66. The maximum absolute atomic E-state index is 12.7. The van der Waals surface area contributed by atoms with E-state index in [4.69, 9.17) is 32.7 Å². The van der Waals surface area contributed by atoms with Crippen molar-refractivity contribution in [3.05, 3.63) is 70.0 Å². The van der Waals surface area contributed by atoms with Crippen molar-refractivity contribution in [2.75, 3.05) is 20.4 Å². The fourth-order valence-electron chi connectivity index (χ4n) is 3.74. The van der Waals surface area contributed by atoms with Crippen LogP contribution in [0.3, 0.4) is 0 Å². The monoisotopic (exact) mass is 652 g/mol. The highest BCUT2D eigenvalue weighted by molar-refractivity contribution is 6.35. The van der Waals surface area contributed by atoms with E-state index in [0.29, 0.717) is 26.0 Å². The van der Waals surface area contributed by atoms with E-state index in [9.17, 15) is 29.5 Å². The quantitative estimate of drug-likeness (QED) is 0.0912. The van der Waals surface area contributed by atoms with Gasteiger partial charge in [0.1, 0.15) is 6.04 Å². The molecule has 4 N–H and O–H groups in total. The van der Waals surface area contributed by atoms with Gasteiger partial charge in [-0.3, -0.25) is 10.2 Å². The number of aliphatic hydroxyl groups excluding tert-OH is 1. The van der Waals surface area contributed by atoms with Crippen molar-refractivity contribution in [1.82, 2.24) is 30.9 Å². The number of alkyl carbamates (subject to hydrolysis) is 1. The third kappa shape index (κ3) is 9.80. The number of nitrogens with one attached hydrogen (secondary N) is 2. The fourth-order valence-corrected chi connectivity index (χ4v) is 4.14. The second-order valence-corrected chi connectivity index (χ2v) is 10.4. The Hall–Kier alpha value is -4.44. The van der Waals surface area contributed by atoms with Crippen molar-refractivity contribution >= 4 is 47.1 Å². The molecule has 0 bridgehead atoms. The van der Waals surface area contributed by atoms with Gasteiger partial charge in [-0.2, -0.15) is 0 Å². The molecule has 0 fully saturated rings. The summed E-state index contributed by atoms with van der Waals surface area (Å²) >= 11 is 12.4. The van der Waals surface area contributed by atoms with Crippen LogP contribution in [-0.4, -0.2) is 87.0 Å². The average molecular weight is 653 g/mol. The van der Waals surface area contributed by atoms with Gasteiger partial charge in [-0.25, -0.2) is 19.4 Å². The Morgan fingerprint density at radius 1 is 1.05 bits per heavy atom. The first kappa shape index (κ1) is 34.1. The maximum Gasteiger partial charge on any atom is 0.407 e. The minimum atomic E-state index is -1.80. The SMILES string of the molecule is COC(=O)NC(C(=O)OCOC(=O)C(O)CN(Cc1ccc(-c2cc(Cl)ccc2Cl)cc1)NC(=O)c1cn(O)nn1)C(C)C. The Morgan fingerprint density at radius 3 is 2.34 bits per heavy atom. The topological polar surface area (TPSA) is 194 Å². The fraction of sp³-hybridized carbons (Fsp3) is 0.333. The molecule has 1 heterocycles. The van der Waals surface area contributed by atoms with Crippen LogP contribution in [0.15, 0.2) is 48.7 Å². The summed E-state index contributed by atoms with van der Waals surface area (Å²) in [7, 11) is 1.13. The highest BCUT2D eigenvalue weighted by atomic mass is 35.5. The van der Waals surface area contributed by atoms with Gasteiger partial charge in [0.15, 0.2) is 11.8 Å². The van der Waals surface area contributed by atoms with E-state index in [1.807, 2.05) is 0 Å². The Labute approximate surface area is 261 Å². The number of rotatable bonds is 13. The van der Waals surface area contributed by atoms with Crippen LogP contribution in [0.25, 0.3) is 11.1 Å². The molecular formula is C27H30Cl2N6O9. The molecule has 0 saturated heterocycles. The molecule has 2 atom stereocenters. The average Bonchev–Trinajstić information content (AvgIpc) is 3.43. The number of halogens is 2. The molecule has 0 radical (unpaired) electrons. The molecule has 0 aliphatic carbocycles. The number of hydrazine groups is 1.